The van der Waals surface area contributed by atoms with Crippen molar-refractivity contribution in [2.24, 2.45) is 0 Å². The summed E-state index contributed by atoms with van der Waals surface area (Å²) in [6, 6.07) is 12.5. The van der Waals surface area contributed by atoms with Crippen molar-refractivity contribution in [2.75, 3.05) is 0 Å². The number of carbonyl (C=O) groups excluding carboxylic acids is 1. The van der Waals surface area contributed by atoms with Crippen molar-refractivity contribution in [3.63, 3.8) is 0 Å². The van der Waals surface area contributed by atoms with Crippen molar-refractivity contribution in [1.82, 2.24) is 0 Å². The Hall–Kier alpha value is -1.50. The van der Waals surface area contributed by atoms with E-state index in [9.17, 15) is 4.79 Å². The first-order valence-corrected chi connectivity index (χ1v) is 5.62. The SMILES string of the molecule is O=C=C1Cc2ccc3ccccc3c2S1. The second kappa shape index (κ2) is 3.27. The van der Waals surface area contributed by atoms with Crippen LogP contribution in [-0.2, 0) is 11.2 Å². The van der Waals surface area contributed by atoms with Crippen LogP contribution in [0.5, 0.6) is 0 Å². The van der Waals surface area contributed by atoms with Crippen LogP contribution in [0.3, 0.4) is 0 Å². The maximum atomic E-state index is 10.6. The van der Waals surface area contributed by atoms with E-state index in [1.807, 2.05) is 18.1 Å². The monoisotopic (exact) mass is 212 g/mol. The standard InChI is InChI=1S/C13H8OS/c14-8-11-7-10-6-5-9-3-1-2-4-12(9)13(10)15-11/h1-6H,7H2. The number of fused-ring (bicyclic) bond motifs is 3. The molecule has 0 aliphatic carbocycles. The van der Waals surface area contributed by atoms with E-state index in [4.69, 9.17) is 0 Å². The number of allylic oxidation sites excluding steroid dienone is 1. The molecule has 2 aromatic carbocycles. The molecule has 0 saturated carbocycles. The van der Waals surface area contributed by atoms with Crippen molar-refractivity contribution in [2.45, 2.75) is 11.3 Å². The molecule has 0 N–H and O–H groups in total. The smallest absolute Gasteiger partial charge is 0.135 e. The highest BCUT2D eigenvalue weighted by Crippen LogP contribution is 2.42. The van der Waals surface area contributed by atoms with Gasteiger partial charge in [0.25, 0.3) is 0 Å². The van der Waals surface area contributed by atoms with Crippen LogP contribution < -0.4 is 0 Å². The molecule has 1 aliphatic rings. The maximum Gasteiger partial charge on any atom is 0.135 e. The van der Waals surface area contributed by atoms with Gasteiger partial charge in [-0.2, -0.15) is 0 Å². The summed E-state index contributed by atoms with van der Waals surface area (Å²) in [5.41, 5.74) is 1.25. The summed E-state index contributed by atoms with van der Waals surface area (Å²) in [7, 11) is 0. The van der Waals surface area contributed by atoms with E-state index in [0.29, 0.717) is 0 Å². The first-order chi connectivity index (χ1) is 7.38. The molecule has 2 aromatic rings. The van der Waals surface area contributed by atoms with Crippen LogP contribution in [0, 0.1) is 0 Å². The molecule has 0 atom stereocenters. The summed E-state index contributed by atoms with van der Waals surface area (Å²) >= 11 is 1.56. The van der Waals surface area contributed by atoms with E-state index in [0.717, 1.165) is 11.3 Å². The Morgan fingerprint density at radius 2 is 2.00 bits per heavy atom. The zero-order valence-electron chi connectivity index (χ0n) is 7.99. The average molecular weight is 212 g/mol. The summed E-state index contributed by atoms with van der Waals surface area (Å²) in [4.78, 5) is 12.6. The van der Waals surface area contributed by atoms with E-state index in [2.05, 4.69) is 24.3 Å². The fourth-order valence-electron chi connectivity index (χ4n) is 1.94. The molecule has 0 unspecified atom stereocenters. The molecule has 0 fully saturated rings. The third kappa shape index (κ3) is 1.30. The van der Waals surface area contributed by atoms with E-state index < -0.39 is 0 Å². The lowest BCUT2D eigenvalue weighted by molar-refractivity contribution is 0.568. The van der Waals surface area contributed by atoms with E-state index >= 15 is 0 Å². The van der Waals surface area contributed by atoms with Gasteiger partial charge in [-0.1, -0.05) is 48.2 Å². The minimum atomic E-state index is 0.744. The van der Waals surface area contributed by atoms with Crippen LogP contribution in [0.25, 0.3) is 10.8 Å². The van der Waals surface area contributed by atoms with Crippen LogP contribution in [0.15, 0.2) is 46.2 Å². The molecule has 1 aliphatic heterocycles. The molecular weight excluding hydrogens is 204 g/mol. The van der Waals surface area contributed by atoms with Gasteiger partial charge in [-0.3, -0.25) is 0 Å². The number of thioether (sulfide) groups is 1. The third-order valence-electron chi connectivity index (χ3n) is 2.65. The Kier molecular flexibility index (Phi) is 1.91. The number of benzene rings is 2. The molecule has 0 spiro atoms. The lowest BCUT2D eigenvalue weighted by atomic mass is 10.1. The van der Waals surface area contributed by atoms with Crippen LogP contribution >= 0.6 is 11.8 Å². The number of rotatable bonds is 0. The highest BCUT2D eigenvalue weighted by molar-refractivity contribution is 8.04. The zero-order chi connectivity index (χ0) is 10.3. The lowest BCUT2D eigenvalue weighted by Crippen LogP contribution is -1.81. The molecule has 0 radical (unpaired) electrons. The Morgan fingerprint density at radius 3 is 2.87 bits per heavy atom. The maximum absolute atomic E-state index is 10.6. The van der Waals surface area contributed by atoms with Gasteiger partial charge in [0.2, 0.25) is 0 Å². The van der Waals surface area contributed by atoms with E-state index in [1.54, 1.807) is 11.8 Å². The van der Waals surface area contributed by atoms with Gasteiger partial charge in [-0.25, -0.2) is 4.79 Å². The predicted molar refractivity (Wildman–Crippen MR) is 62.7 cm³/mol. The molecule has 1 heterocycles. The average Bonchev–Trinajstić information content (AvgIpc) is 2.72. The molecular formula is C13H8OS. The van der Waals surface area contributed by atoms with Crippen LogP contribution in [-0.4, -0.2) is 5.94 Å². The van der Waals surface area contributed by atoms with Gasteiger partial charge >= 0.3 is 0 Å². The van der Waals surface area contributed by atoms with Gasteiger partial charge in [0, 0.05) is 11.3 Å². The summed E-state index contributed by atoms with van der Waals surface area (Å²) < 4.78 is 0. The fraction of sp³-hybridized carbons (Fsp3) is 0.0769. The van der Waals surface area contributed by atoms with Crippen molar-refractivity contribution in [1.29, 1.82) is 0 Å². The topological polar surface area (TPSA) is 17.1 Å². The first kappa shape index (κ1) is 8.78. The number of hydrogen-bond donors (Lipinski definition) is 0. The normalized spacial score (nSPS) is 14.0. The predicted octanol–water partition coefficient (Wildman–Crippen LogP) is 3.20. The van der Waals surface area contributed by atoms with Crippen LogP contribution in [0.1, 0.15) is 5.56 Å². The van der Waals surface area contributed by atoms with E-state index in [-0.39, 0.29) is 0 Å². The molecule has 0 saturated heterocycles. The summed E-state index contributed by atoms with van der Waals surface area (Å²) in [6.07, 6.45) is 0.744. The van der Waals surface area contributed by atoms with Crippen molar-refractivity contribution in [3.8, 4) is 0 Å². The minimum absolute atomic E-state index is 0.744. The summed E-state index contributed by atoms with van der Waals surface area (Å²) in [6.45, 7) is 0. The Balaban J connectivity index is 2.34. The molecule has 15 heavy (non-hydrogen) atoms. The highest BCUT2D eigenvalue weighted by Gasteiger charge is 2.19. The Morgan fingerprint density at radius 1 is 1.13 bits per heavy atom. The Labute approximate surface area is 91.8 Å². The second-order valence-corrected chi connectivity index (χ2v) is 4.68. The third-order valence-corrected chi connectivity index (χ3v) is 3.81. The minimum Gasteiger partial charge on any atom is -0.233 e. The molecule has 0 bridgehead atoms. The summed E-state index contributed by atoms with van der Waals surface area (Å²) in [5, 5.41) is 2.47. The van der Waals surface area contributed by atoms with E-state index in [1.165, 1.54) is 21.2 Å². The molecule has 0 aromatic heterocycles. The van der Waals surface area contributed by atoms with Gasteiger partial charge in [-0.05, 0) is 16.3 Å². The number of hydrogen-bond acceptors (Lipinski definition) is 2. The van der Waals surface area contributed by atoms with Gasteiger partial charge < -0.3 is 0 Å². The Bertz CT molecular complexity index is 595. The van der Waals surface area contributed by atoms with Crippen molar-refractivity contribution in [3.05, 3.63) is 46.9 Å². The molecule has 3 rings (SSSR count). The van der Waals surface area contributed by atoms with Gasteiger partial charge in [0.15, 0.2) is 0 Å². The lowest BCUT2D eigenvalue weighted by Gasteiger charge is -2.02. The van der Waals surface area contributed by atoms with Crippen molar-refractivity contribution >= 4 is 28.5 Å². The highest BCUT2D eigenvalue weighted by atomic mass is 32.2. The van der Waals surface area contributed by atoms with Gasteiger partial charge in [0.1, 0.15) is 5.94 Å². The molecule has 0 amide bonds. The second-order valence-electron chi connectivity index (χ2n) is 3.58. The fourth-order valence-corrected chi connectivity index (χ4v) is 3.02. The molecule has 72 valence electrons. The first-order valence-electron chi connectivity index (χ1n) is 4.81. The van der Waals surface area contributed by atoms with Crippen LogP contribution in [0.4, 0.5) is 0 Å². The largest absolute Gasteiger partial charge is 0.233 e. The van der Waals surface area contributed by atoms with Crippen LogP contribution in [0.2, 0.25) is 0 Å². The molecule has 2 heteroatoms. The van der Waals surface area contributed by atoms with Gasteiger partial charge in [-0.15, -0.1) is 0 Å². The summed E-state index contributed by atoms with van der Waals surface area (Å²) in [5.74, 6) is 2.01. The zero-order valence-corrected chi connectivity index (χ0v) is 8.80. The van der Waals surface area contributed by atoms with Gasteiger partial charge in [0.05, 0.1) is 4.91 Å². The van der Waals surface area contributed by atoms with Crippen molar-refractivity contribution < 1.29 is 4.79 Å². The molecule has 1 nitrogen and oxygen atoms in total. The quantitative estimate of drug-likeness (QED) is 0.624.